The predicted octanol–water partition coefficient (Wildman–Crippen LogP) is 4.68. The maximum atomic E-state index is 12.9. The third-order valence-corrected chi connectivity index (χ3v) is 5.66. The molecule has 0 bridgehead atoms. The fraction of sp³-hybridized carbons (Fsp3) is 0.211. The van der Waals surface area contributed by atoms with Crippen molar-refractivity contribution in [2.24, 2.45) is 0 Å². The quantitative estimate of drug-likeness (QED) is 0.458. The maximum absolute atomic E-state index is 12.9. The number of nitrogens with one attached hydrogen (secondary N) is 1. The molecule has 3 aromatic rings. The molecule has 1 amide bonds. The molecule has 5 nitrogen and oxygen atoms in total. The number of rotatable bonds is 7. The van der Waals surface area contributed by atoms with Gasteiger partial charge in [0.25, 0.3) is 5.91 Å². The van der Waals surface area contributed by atoms with Gasteiger partial charge in [-0.15, -0.1) is 10.2 Å². The van der Waals surface area contributed by atoms with Crippen LogP contribution >= 0.6 is 23.1 Å². The smallest absolute Gasteiger partial charge is 0.266 e. The highest BCUT2D eigenvalue weighted by atomic mass is 32.2. The van der Waals surface area contributed by atoms with Crippen LogP contribution in [0.3, 0.4) is 0 Å². The van der Waals surface area contributed by atoms with Crippen molar-refractivity contribution in [2.75, 3.05) is 5.32 Å². The summed E-state index contributed by atoms with van der Waals surface area (Å²) in [4.78, 5) is 12.2. The molecule has 0 aliphatic carbocycles. The van der Waals surface area contributed by atoms with Crippen molar-refractivity contribution in [1.82, 2.24) is 10.2 Å². The van der Waals surface area contributed by atoms with Crippen LogP contribution in [0.5, 0.6) is 5.75 Å². The number of aromatic nitrogens is 2. The minimum Gasteiger partial charge on any atom is -0.481 e. The summed E-state index contributed by atoms with van der Waals surface area (Å²) < 4.78 is 19.2. The van der Waals surface area contributed by atoms with E-state index in [-0.39, 0.29) is 11.7 Å². The molecule has 0 radical (unpaired) electrons. The van der Waals surface area contributed by atoms with Gasteiger partial charge in [0.15, 0.2) is 10.4 Å². The second-order valence-electron chi connectivity index (χ2n) is 5.85. The lowest BCUT2D eigenvalue weighted by atomic mass is 10.2. The molecule has 0 fully saturated rings. The molecule has 8 heteroatoms. The maximum Gasteiger partial charge on any atom is 0.266 e. The number of hydrogen-bond acceptors (Lipinski definition) is 6. The Morgan fingerprint density at radius 1 is 1.19 bits per heavy atom. The molecule has 1 unspecified atom stereocenters. The first-order valence-corrected chi connectivity index (χ1v) is 10.0. The molecule has 2 aromatic carbocycles. The van der Waals surface area contributed by atoms with Crippen LogP contribution in [0.25, 0.3) is 0 Å². The largest absolute Gasteiger partial charge is 0.481 e. The summed E-state index contributed by atoms with van der Waals surface area (Å²) in [7, 11) is 0. The van der Waals surface area contributed by atoms with Gasteiger partial charge in [-0.3, -0.25) is 10.1 Å². The van der Waals surface area contributed by atoms with Crippen LogP contribution in [0.15, 0.2) is 52.9 Å². The fourth-order valence-electron chi connectivity index (χ4n) is 2.13. The van der Waals surface area contributed by atoms with Crippen molar-refractivity contribution >= 4 is 34.1 Å². The third kappa shape index (κ3) is 5.77. The van der Waals surface area contributed by atoms with Gasteiger partial charge in [0.05, 0.1) is 0 Å². The zero-order valence-corrected chi connectivity index (χ0v) is 16.4. The molecule has 1 N–H and O–H groups in total. The first-order chi connectivity index (χ1) is 13.0. The molecule has 27 heavy (non-hydrogen) atoms. The second-order valence-corrected chi connectivity index (χ2v) is 8.05. The van der Waals surface area contributed by atoms with Gasteiger partial charge >= 0.3 is 0 Å². The number of thioether (sulfide) groups is 1. The minimum atomic E-state index is -0.747. The van der Waals surface area contributed by atoms with E-state index in [0.29, 0.717) is 10.9 Å². The molecule has 1 atom stereocenters. The van der Waals surface area contributed by atoms with Crippen LogP contribution < -0.4 is 10.1 Å². The van der Waals surface area contributed by atoms with E-state index in [4.69, 9.17) is 4.74 Å². The van der Waals surface area contributed by atoms with E-state index in [2.05, 4.69) is 46.7 Å². The van der Waals surface area contributed by atoms with E-state index < -0.39 is 6.10 Å². The van der Waals surface area contributed by atoms with Gasteiger partial charge in [0, 0.05) is 5.75 Å². The molecule has 1 aromatic heterocycles. The number of ether oxygens (including phenoxy) is 1. The Hall–Kier alpha value is -2.45. The van der Waals surface area contributed by atoms with Crippen molar-refractivity contribution in [3.05, 3.63) is 65.5 Å². The zero-order valence-electron chi connectivity index (χ0n) is 14.8. The van der Waals surface area contributed by atoms with E-state index in [1.54, 1.807) is 18.7 Å². The highest BCUT2D eigenvalue weighted by molar-refractivity contribution is 8.00. The summed E-state index contributed by atoms with van der Waals surface area (Å²) in [6, 6.07) is 13.8. The van der Waals surface area contributed by atoms with Crippen LogP contribution in [0.1, 0.15) is 18.1 Å². The average molecular weight is 404 g/mol. The van der Waals surface area contributed by atoms with Crippen molar-refractivity contribution in [2.45, 2.75) is 30.0 Å². The Balaban J connectivity index is 1.50. The van der Waals surface area contributed by atoms with E-state index >= 15 is 0 Å². The fourth-order valence-corrected chi connectivity index (χ4v) is 3.84. The molecule has 0 aliphatic heterocycles. The molecule has 0 spiro atoms. The number of benzene rings is 2. The van der Waals surface area contributed by atoms with E-state index in [1.165, 1.54) is 46.7 Å². The number of hydrogen-bond donors (Lipinski definition) is 1. The highest BCUT2D eigenvalue weighted by Crippen LogP contribution is 2.28. The second kappa shape index (κ2) is 8.96. The van der Waals surface area contributed by atoms with Crippen LogP contribution in [-0.4, -0.2) is 22.2 Å². The summed E-state index contributed by atoms with van der Waals surface area (Å²) in [5.41, 5.74) is 2.43. The van der Waals surface area contributed by atoms with Crippen LogP contribution in [0, 0.1) is 12.7 Å². The molecule has 0 aliphatic rings. The van der Waals surface area contributed by atoms with Crippen LogP contribution in [0.4, 0.5) is 9.52 Å². The lowest BCUT2D eigenvalue weighted by Gasteiger charge is -2.13. The summed E-state index contributed by atoms with van der Waals surface area (Å²) in [6.45, 7) is 3.67. The molecular weight excluding hydrogens is 385 g/mol. The summed E-state index contributed by atoms with van der Waals surface area (Å²) in [6.07, 6.45) is -0.747. The van der Waals surface area contributed by atoms with Crippen molar-refractivity contribution in [3.8, 4) is 5.75 Å². The summed E-state index contributed by atoms with van der Waals surface area (Å²) in [5.74, 6) is 0.507. The zero-order chi connectivity index (χ0) is 19.2. The van der Waals surface area contributed by atoms with Gasteiger partial charge in [-0.2, -0.15) is 0 Å². The standard InChI is InChI=1S/C19H18FN3O2S2/c1-12-3-5-14(6-4-12)11-26-19-23-22-18(27-19)21-17(24)13(2)25-16-9-7-15(20)8-10-16/h3-10,13H,11H2,1-2H3,(H,21,22,24). The molecule has 0 saturated carbocycles. The first kappa shape index (κ1) is 19.3. The predicted molar refractivity (Wildman–Crippen MR) is 106 cm³/mol. The normalized spacial score (nSPS) is 11.8. The molecular formula is C19H18FN3O2S2. The van der Waals surface area contributed by atoms with Crippen LogP contribution in [0.2, 0.25) is 0 Å². The van der Waals surface area contributed by atoms with E-state index in [0.717, 1.165) is 10.1 Å². The molecule has 1 heterocycles. The lowest BCUT2D eigenvalue weighted by Crippen LogP contribution is -2.30. The van der Waals surface area contributed by atoms with Gasteiger partial charge in [-0.25, -0.2) is 4.39 Å². The Labute approximate surface area is 165 Å². The first-order valence-electron chi connectivity index (χ1n) is 8.24. The number of aryl methyl sites for hydroxylation is 1. The molecule has 0 saturated heterocycles. The number of carbonyl (C=O) groups is 1. The molecule has 140 valence electrons. The number of halogens is 1. The van der Waals surface area contributed by atoms with Gasteiger partial charge in [-0.1, -0.05) is 52.9 Å². The Morgan fingerprint density at radius 3 is 2.59 bits per heavy atom. The van der Waals surface area contributed by atoms with E-state index in [9.17, 15) is 9.18 Å². The van der Waals surface area contributed by atoms with Crippen molar-refractivity contribution in [1.29, 1.82) is 0 Å². The summed E-state index contributed by atoms with van der Waals surface area (Å²) in [5, 5.41) is 11.2. The average Bonchev–Trinajstić information content (AvgIpc) is 3.10. The van der Waals surface area contributed by atoms with Crippen molar-refractivity contribution < 1.29 is 13.9 Å². The van der Waals surface area contributed by atoms with E-state index in [1.807, 2.05) is 0 Å². The SMILES string of the molecule is Cc1ccc(CSc2nnc(NC(=O)C(C)Oc3ccc(F)cc3)s2)cc1. The Kier molecular flexibility index (Phi) is 6.41. The number of anilines is 1. The van der Waals surface area contributed by atoms with Gasteiger partial charge < -0.3 is 4.74 Å². The third-order valence-electron chi connectivity index (χ3n) is 3.62. The van der Waals surface area contributed by atoms with Gasteiger partial charge in [0.1, 0.15) is 11.6 Å². The van der Waals surface area contributed by atoms with Gasteiger partial charge in [0.2, 0.25) is 5.13 Å². The van der Waals surface area contributed by atoms with Gasteiger partial charge in [-0.05, 0) is 43.7 Å². The topological polar surface area (TPSA) is 64.1 Å². The monoisotopic (exact) mass is 403 g/mol. The summed E-state index contributed by atoms with van der Waals surface area (Å²) >= 11 is 2.88. The number of amides is 1. The lowest BCUT2D eigenvalue weighted by molar-refractivity contribution is -0.122. The van der Waals surface area contributed by atoms with Crippen molar-refractivity contribution in [3.63, 3.8) is 0 Å². The Bertz CT molecular complexity index is 898. The molecule has 3 rings (SSSR count). The minimum absolute atomic E-state index is 0.342. The number of carbonyl (C=O) groups excluding carboxylic acids is 1. The highest BCUT2D eigenvalue weighted by Gasteiger charge is 2.17. The Morgan fingerprint density at radius 2 is 1.89 bits per heavy atom. The van der Waals surface area contributed by atoms with Crippen LogP contribution in [-0.2, 0) is 10.5 Å². The number of nitrogens with zero attached hydrogens (tertiary/aromatic N) is 2.